The lowest BCUT2D eigenvalue weighted by molar-refractivity contribution is -0.113. The van der Waals surface area contributed by atoms with Gasteiger partial charge in [0.2, 0.25) is 11.8 Å². The first-order valence-electron chi connectivity index (χ1n) is 4.98. The number of nitrogens with zero attached hydrogens (tertiary/aromatic N) is 2. The molecule has 5 nitrogen and oxygen atoms in total. The molecule has 2 rings (SSSR count). The number of rotatable bonds is 3. The smallest absolute Gasteiger partial charge is 0.241 e. The second-order valence-electron chi connectivity index (χ2n) is 3.36. The van der Waals surface area contributed by atoms with Crippen molar-refractivity contribution in [2.75, 3.05) is 7.11 Å². The molecule has 0 aliphatic carbocycles. The number of ether oxygens (including phenoxy) is 1. The molecule has 86 valence electrons. The van der Waals surface area contributed by atoms with Crippen LogP contribution in [0.4, 0.5) is 0 Å². The first-order valence-corrected chi connectivity index (χ1v) is 4.98. The SMILES string of the molecule is COc1cnc2cccc(C=CC(N)=O)c2n1. The van der Waals surface area contributed by atoms with Gasteiger partial charge < -0.3 is 10.5 Å². The first kappa shape index (κ1) is 11.1. The standard InChI is InChI=1S/C12H11N3O2/c1-17-11-7-14-9-4-2-3-8(12(9)15-11)5-6-10(13)16/h2-7H,1H3,(H2,13,16). The van der Waals surface area contributed by atoms with Crippen LogP contribution in [0.25, 0.3) is 17.1 Å². The predicted molar refractivity (Wildman–Crippen MR) is 64.3 cm³/mol. The molecule has 0 radical (unpaired) electrons. The monoisotopic (exact) mass is 229 g/mol. The van der Waals surface area contributed by atoms with Gasteiger partial charge in [-0.1, -0.05) is 12.1 Å². The minimum absolute atomic E-state index is 0.428. The van der Waals surface area contributed by atoms with Crippen LogP contribution >= 0.6 is 0 Å². The van der Waals surface area contributed by atoms with Crippen molar-refractivity contribution in [3.8, 4) is 5.88 Å². The topological polar surface area (TPSA) is 78.1 Å². The van der Waals surface area contributed by atoms with Crippen LogP contribution in [-0.4, -0.2) is 23.0 Å². The number of benzene rings is 1. The fourth-order valence-corrected chi connectivity index (χ4v) is 1.44. The minimum Gasteiger partial charge on any atom is -0.480 e. The van der Waals surface area contributed by atoms with Crippen molar-refractivity contribution in [2.45, 2.75) is 0 Å². The van der Waals surface area contributed by atoms with Gasteiger partial charge in [0, 0.05) is 11.6 Å². The molecule has 0 atom stereocenters. The molecule has 5 heteroatoms. The number of aromatic nitrogens is 2. The normalized spacial score (nSPS) is 10.9. The van der Waals surface area contributed by atoms with Crippen molar-refractivity contribution >= 4 is 23.0 Å². The second kappa shape index (κ2) is 4.61. The predicted octanol–water partition coefficient (Wildman–Crippen LogP) is 1.14. The zero-order valence-corrected chi connectivity index (χ0v) is 9.25. The lowest BCUT2D eigenvalue weighted by Crippen LogP contribution is -2.05. The molecule has 1 aromatic carbocycles. The van der Waals surface area contributed by atoms with E-state index in [0.29, 0.717) is 11.4 Å². The highest BCUT2D eigenvalue weighted by atomic mass is 16.5. The Morgan fingerprint density at radius 1 is 1.47 bits per heavy atom. The van der Waals surface area contributed by atoms with Crippen molar-refractivity contribution in [2.24, 2.45) is 5.73 Å². The van der Waals surface area contributed by atoms with Crippen LogP contribution in [0.3, 0.4) is 0 Å². The third-order valence-electron chi connectivity index (χ3n) is 2.22. The van der Waals surface area contributed by atoms with Crippen LogP contribution < -0.4 is 10.5 Å². The molecule has 17 heavy (non-hydrogen) atoms. The lowest BCUT2D eigenvalue weighted by atomic mass is 10.1. The number of carbonyl (C=O) groups excluding carboxylic acids is 1. The Kier molecular flexibility index (Phi) is 3.00. The molecule has 0 saturated carbocycles. The van der Waals surface area contributed by atoms with Crippen LogP contribution in [0, 0.1) is 0 Å². The van der Waals surface area contributed by atoms with Gasteiger partial charge in [-0.25, -0.2) is 9.97 Å². The number of methoxy groups -OCH3 is 1. The zero-order valence-electron chi connectivity index (χ0n) is 9.25. The quantitative estimate of drug-likeness (QED) is 0.800. The summed E-state index contributed by atoms with van der Waals surface area (Å²) in [7, 11) is 1.53. The molecule has 0 fully saturated rings. The van der Waals surface area contributed by atoms with Crippen LogP contribution in [0.1, 0.15) is 5.56 Å². The number of para-hydroxylation sites is 1. The first-order chi connectivity index (χ1) is 8.20. The van der Waals surface area contributed by atoms with E-state index < -0.39 is 5.91 Å². The van der Waals surface area contributed by atoms with Gasteiger partial charge in [0.15, 0.2) is 0 Å². The second-order valence-corrected chi connectivity index (χ2v) is 3.36. The van der Waals surface area contributed by atoms with E-state index in [-0.39, 0.29) is 0 Å². The van der Waals surface area contributed by atoms with Gasteiger partial charge in [-0.3, -0.25) is 4.79 Å². The van der Waals surface area contributed by atoms with E-state index in [1.54, 1.807) is 12.3 Å². The van der Waals surface area contributed by atoms with Gasteiger partial charge in [-0.05, 0) is 12.1 Å². The van der Waals surface area contributed by atoms with Crippen molar-refractivity contribution in [3.05, 3.63) is 36.0 Å². The van der Waals surface area contributed by atoms with Crippen molar-refractivity contribution in [1.29, 1.82) is 0 Å². The Labute approximate surface area is 97.9 Å². The summed E-state index contributed by atoms with van der Waals surface area (Å²) in [5.74, 6) is -0.0738. The molecule has 1 heterocycles. The summed E-state index contributed by atoms with van der Waals surface area (Å²) < 4.78 is 5.01. The van der Waals surface area contributed by atoms with Crippen molar-refractivity contribution in [1.82, 2.24) is 9.97 Å². The lowest BCUT2D eigenvalue weighted by Gasteiger charge is -2.03. The maximum Gasteiger partial charge on any atom is 0.241 e. The Morgan fingerprint density at radius 2 is 2.29 bits per heavy atom. The number of hydrogen-bond donors (Lipinski definition) is 1. The van der Waals surface area contributed by atoms with E-state index in [1.165, 1.54) is 13.2 Å². The van der Waals surface area contributed by atoms with Crippen molar-refractivity contribution < 1.29 is 9.53 Å². The summed E-state index contributed by atoms with van der Waals surface area (Å²) in [4.78, 5) is 19.2. The highest BCUT2D eigenvalue weighted by Gasteiger charge is 2.03. The summed E-state index contributed by atoms with van der Waals surface area (Å²) in [6.45, 7) is 0. The third kappa shape index (κ3) is 2.39. The molecule has 0 bridgehead atoms. The summed E-state index contributed by atoms with van der Waals surface area (Å²) in [6, 6.07) is 5.50. The van der Waals surface area contributed by atoms with E-state index in [1.807, 2.05) is 18.2 Å². The van der Waals surface area contributed by atoms with Gasteiger partial charge in [0.05, 0.1) is 24.3 Å². The highest BCUT2D eigenvalue weighted by Crippen LogP contribution is 2.18. The average molecular weight is 229 g/mol. The van der Waals surface area contributed by atoms with E-state index >= 15 is 0 Å². The van der Waals surface area contributed by atoms with Gasteiger partial charge >= 0.3 is 0 Å². The molecule has 2 aromatic rings. The fraction of sp³-hybridized carbons (Fsp3) is 0.0833. The average Bonchev–Trinajstić information content (AvgIpc) is 2.35. The van der Waals surface area contributed by atoms with E-state index in [4.69, 9.17) is 10.5 Å². The zero-order chi connectivity index (χ0) is 12.3. The Bertz CT molecular complexity index is 593. The van der Waals surface area contributed by atoms with Gasteiger partial charge in [0.1, 0.15) is 0 Å². The Hall–Kier alpha value is -2.43. The van der Waals surface area contributed by atoms with Crippen LogP contribution in [-0.2, 0) is 4.79 Å². The van der Waals surface area contributed by atoms with Crippen molar-refractivity contribution in [3.63, 3.8) is 0 Å². The van der Waals surface area contributed by atoms with Gasteiger partial charge in [-0.2, -0.15) is 0 Å². The number of hydrogen-bond acceptors (Lipinski definition) is 4. The molecule has 0 aliphatic heterocycles. The molecule has 0 unspecified atom stereocenters. The molecular formula is C12H11N3O2. The number of amides is 1. The van der Waals surface area contributed by atoms with E-state index in [9.17, 15) is 4.79 Å². The Balaban J connectivity index is 2.58. The van der Waals surface area contributed by atoms with Gasteiger partial charge in [0.25, 0.3) is 0 Å². The number of fused-ring (bicyclic) bond motifs is 1. The maximum absolute atomic E-state index is 10.7. The molecular weight excluding hydrogens is 218 g/mol. The molecule has 0 saturated heterocycles. The largest absolute Gasteiger partial charge is 0.480 e. The van der Waals surface area contributed by atoms with Crippen LogP contribution in [0.15, 0.2) is 30.5 Å². The fourth-order valence-electron chi connectivity index (χ4n) is 1.44. The number of carbonyl (C=O) groups is 1. The molecule has 1 aromatic heterocycles. The minimum atomic E-state index is -0.502. The van der Waals surface area contributed by atoms with Gasteiger partial charge in [-0.15, -0.1) is 0 Å². The number of primary amides is 1. The summed E-state index contributed by atoms with van der Waals surface area (Å²) in [5.41, 5.74) is 7.23. The summed E-state index contributed by atoms with van der Waals surface area (Å²) in [5, 5.41) is 0. The summed E-state index contributed by atoms with van der Waals surface area (Å²) >= 11 is 0. The molecule has 0 aliphatic rings. The summed E-state index contributed by atoms with van der Waals surface area (Å²) in [6.07, 6.45) is 4.44. The van der Waals surface area contributed by atoms with E-state index in [0.717, 1.165) is 11.1 Å². The highest BCUT2D eigenvalue weighted by molar-refractivity contribution is 5.93. The molecule has 1 amide bonds. The van der Waals surface area contributed by atoms with E-state index in [2.05, 4.69) is 9.97 Å². The van der Waals surface area contributed by atoms with Crippen LogP contribution in [0.5, 0.6) is 5.88 Å². The number of nitrogens with two attached hydrogens (primary N) is 1. The van der Waals surface area contributed by atoms with Crippen LogP contribution in [0.2, 0.25) is 0 Å². The molecule has 2 N–H and O–H groups in total. The molecule has 0 spiro atoms. The Morgan fingerprint density at radius 3 is 3.00 bits per heavy atom. The maximum atomic E-state index is 10.7. The third-order valence-corrected chi connectivity index (χ3v) is 2.22.